The normalized spacial score (nSPS) is 14.2. The molecule has 0 saturated heterocycles. The van der Waals surface area contributed by atoms with Gasteiger partial charge in [-0.05, 0) is 191 Å². The zero-order chi connectivity index (χ0) is 73.5. The molecule has 101 heavy (non-hydrogen) atoms. The van der Waals surface area contributed by atoms with E-state index in [1.54, 1.807) is 0 Å². The Balaban J connectivity index is 1.25. The molecule has 3 aromatic heterocycles. The molecule has 0 amide bonds. The van der Waals surface area contributed by atoms with Crippen molar-refractivity contribution >= 4 is 77.6 Å². The molecule has 0 spiro atoms. The van der Waals surface area contributed by atoms with Gasteiger partial charge in [-0.2, -0.15) is 0 Å². The van der Waals surface area contributed by atoms with Crippen molar-refractivity contribution in [3.63, 3.8) is 0 Å². The highest BCUT2D eigenvalue weighted by molar-refractivity contribution is 7.00. The van der Waals surface area contributed by atoms with E-state index < -0.39 is 0 Å². The van der Waals surface area contributed by atoms with Crippen LogP contribution in [-0.4, -0.2) is 25.8 Å². The minimum absolute atomic E-state index is 0.0886. The number of hydrogen-bond acceptors (Lipinski definition) is 2. The summed E-state index contributed by atoms with van der Waals surface area (Å²) in [5.41, 5.74) is 32.5. The van der Waals surface area contributed by atoms with E-state index in [-0.39, 0.29) is 60.9 Å². The molecular formula is C96H113BN4. The predicted octanol–water partition coefficient (Wildman–Crippen LogP) is 24.6. The SMILES string of the molecule is CC(C)(C)c1cc(-c2nc(-c3cc4c5c(c3)-n3c6cc(C(C)(C)C)cc(C(C)(C)C)c6c6c(-c7cc(C(C)(C)C)cc(C(C)(C)C)c7)ccc(c63)B5c3ccc(-c5cc(C(C)(C)C)cc(C(C)(C)C)c5)c5c6c(C(C)(C)C)cc(C(C)(C)C)cc6n-4c35)c3ccccc3n2)cc(C(C)(C)C)c1. The fourth-order valence-corrected chi connectivity index (χ4v) is 16.3. The molecule has 5 heteroatoms. The van der Waals surface area contributed by atoms with Crippen LogP contribution in [-0.2, 0) is 54.1 Å². The second-order valence-electron chi connectivity index (χ2n) is 41.0. The minimum Gasteiger partial charge on any atom is -0.310 e. The van der Waals surface area contributed by atoms with Crippen LogP contribution in [0.4, 0.5) is 0 Å². The Bertz CT molecular complexity index is 5130. The van der Waals surface area contributed by atoms with Gasteiger partial charge in [-0.1, -0.05) is 305 Å². The molecule has 0 atom stereocenters. The van der Waals surface area contributed by atoms with Gasteiger partial charge in [0.25, 0.3) is 6.71 Å². The quantitative estimate of drug-likeness (QED) is 0.165. The van der Waals surface area contributed by atoms with Crippen LogP contribution in [0.2, 0.25) is 0 Å². The first-order valence-electron chi connectivity index (χ1n) is 37.7. The van der Waals surface area contributed by atoms with E-state index in [4.69, 9.17) is 9.97 Å². The molecule has 0 N–H and O–H groups in total. The number of benzene rings is 9. The summed E-state index contributed by atoms with van der Waals surface area (Å²) in [6.45, 7) is 71.4. The Morgan fingerprint density at radius 2 is 0.614 bits per heavy atom. The monoisotopic (exact) mass is 1330 g/mol. The number of rotatable bonds is 4. The van der Waals surface area contributed by atoms with Gasteiger partial charge in [0.1, 0.15) is 0 Å². The standard InChI is InChI=1S/C96H113BN4/c1-87(2,3)58-39-54(40-59(47-58)88(4,5)6)66-35-37-71-84-78(66)80-69(95(25,26)27)50-64(93(19,20)21)52-74(80)100(84)76-45-56(83-68-33-31-32-34-73(68)98-86(99-83)57-43-62(91(13,14)15)49-63(44-57)92(16,17)18)46-77-82(76)97(71)72-38-36-67(55-41-60(89(7,8)9)48-61(42-55)90(10,11)12)79-81-70(96(28,29)30)51-65(94(22,23)24)53-75(81)101(77)85(72)79/h31-53H,1-30H3. The molecule has 4 nitrogen and oxygen atoms in total. The molecule has 520 valence electrons. The van der Waals surface area contributed by atoms with Crippen LogP contribution in [0.3, 0.4) is 0 Å². The van der Waals surface area contributed by atoms with Crippen molar-refractivity contribution in [1.82, 2.24) is 19.1 Å². The first-order chi connectivity index (χ1) is 46.4. The molecule has 0 unspecified atom stereocenters. The lowest BCUT2D eigenvalue weighted by Crippen LogP contribution is -2.59. The Labute approximate surface area is 606 Å². The van der Waals surface area contributed by atoms with Gasteiger partial charge >= 0.3 is 0 Å². The first-order valence-corrected chi connectivity index (χ1v) is 37.7. The van der Waals surface area contributed by atoms with Gasteiger partial charge in [-0.25, -0.2) is 9.97 Å². The maximum Gasteiger partial charge on any atom is 0.252 e. The molecule has 5 heterocycles. The molecule has 0 aliphatic carbocycles. The molecule has 0 radical (unpaired) electrons. The van der Waals surface area contributed by atoms with Crippen LogP contribution >= 0.6 is 0 Å². The van der Waals surface area contributed by atoms with Gasteiger partial charge in [0.15, 0.2) is 5.82 Å². The predicted molar refractivity (Wildman–Crippen MR) is 442 cm³/mol. The Morgan fingerprint density at radius 3 is 0.950 bits per heavy atom. The number of aromatic nitrogens is 4. The summed E-state index contributed by atoms with van der Waals surface area (Å²) in [5.74, 6) is 0.737. The smallest absolute Gasteiger partial charge is 0.252 e. The molecule has 2 aliphatic heterocycles. The fraction of sp³-hybridized carbons (Fsp3) is 0.417. The molecular weight excluding hydrogens is 1220 g/mol. The summed E-state index contributed by atoms with van der Waals surface area (Å²) in [7, 11) is 0. The van der Waals surface area contributed by atoms with Crippen LogP contribution in [0, 0.1) is 0 Å². The fourth-order valence-electron chi connectivity index (χ4n) is 16.3. The van der Waals surface area contributed by atoms with Crippen LogP contribution in [0.25, 0.3) is 111 Å². The van der Waals surface area contributed by atoms with E-state index in [1.165, 1.54) is 149 Å². The second kappa shape index (κ2) is 22.3. The van der Waals surface area contributed by atoms with Crippen LogP contribution in [0.15, 0.2) is 140 Å². The molecule has 0 bridgehead atoms. The molecule has 14 rings (SSSR count). The zero-order valence-electron chi connectivity index (χ0n) is 67.1. The largest absolute Gasteiger partial charge is 0.310 e. The van der Waals surface area contributed by atoms with Crippen molar-refractivity contribution in [2.24, 2.45) is 0 Å². The lowest BCUT2D eigenvalue weighted by Gasteiger charge is -2.35. The van der Waals surface area contributed by atoms with Crippen LogP contribution in [0.1, 0.15) is 263 Å². The average Bonchev–Trinajstić information content (AvgIpc) is 1.52. The van der Waals surface area contributed by atoms with Crippen molar-refractivity contribution in [1.29, 1.82) is 0 Å². The molecule has 0 fully saturated rings. The summed E-state index contributed by atoms with van der Waals surface area (Å²) < 4.78 is 5.54. The summed E-state index contributed by atoms with van der Waals surface area (Å²) >= 11 is 0. The van der Waals surface area contributed by atoms with E-state index >= 15 is 0 Å². The zero-order valence-corrected chi connectivity index (χ0v) is 67.1. The molecule has 0 saturated carbocycles. The van der Waals surface area contributed by atoms with Crippen molar-refractivity contribution < 1.29 is 0 Å². The first kappa shape index (κ1) is 70.0. The van der Waals surface area contributed by atoms with Crippen molar-refractivity contribution in [3.05, 3.63) is 195 Å². The molecule has 9 aromatic carbocycles. The van der Waals surface area contributed by atoms with Crippen molar-refractivity contribution in [2.45, 2.75) is 262 Å². The number of nitrogens with zero attached hydrogens (tertiary/aromatic N) is 4. The van der Waals surface area contributed by atoms with E-state index in [0.717, 1.165) is 33.5 Å². The summed E-state index contributed by atoms with van der Waals surface area (Å²) in [6, 6.07) is 56.7. The Kier molecular flexibility index (Phi) is 15.4. The highest BCUT2D eigenvalue weighted by atomic mass is 15.0. The average molecular weight is 1330 g/mol. The Hall–Kier alpha value is -8.02. The maximum atomic E-state index is 6.01. The highest BCUT2D eigenvalue weighted by Crippen LogP contribution is 2.52. The summed E-state index contributed by atoms with van der Waals surface area (Å²) in [5, 5.41) is 6.35. The van der Waals surface area contributed by atoms with Crippen molar-refractivity contribution in [3.8, 4) is 56.3 Å². The van der Waals surface area contributed by atoms with E-state index in [0.29, 0.717) is 0 Å². The lowest BCUT2D eigenvalue weighted by atomic mass is 9.34. The molecule has 12 aromatic rings. The van der Waals surface area contributed by atoms with Gasteiger partial charge in [0, 0.05) is 49.4 Å². The third-order valence-electron chi connectivity index (χ3n) is 22.7. The van der Waals surface area contributed by atoms with Gasteiger partial charge in [0.05, 0.1) is 33.3 Å². The lowest BCUT2D eigenvalue weighted by molar-refractivity contribution is 0.568. The number of para-hydroxylation sites is 1. The Morgan fingerprint density at radius 1 is 0.287 bits per heavy atom. The third kappa shape index (κ3) is 11.6. The highest BCUT2D eigenvalue weighted by Gasteiger charge is 2.45. The van der Waals surface area contributed by atoms with Crippen LogP contribution < -0.4 is 16.4 Å². The van der Waals surface area contributed by atoms with Gasteiger partial charge in [-0.15, -0.1) is 0 Å². The third-order valence-corrected chi connectivity index (χ3v) is 22.7. The summed E-state index contributed by atoms with van der Waals surface area (Å²) in [6.07, 6.45) is 0. The second-order valence-corrected chi connectivity index (χ2v) is 41.0. The number of fused-ring (bicyclic) bond motifs is 11. The van der Waals surface area contributed by atoms with Gasteiger partial charge in [-0.3, -0.25) is 0 Å². The molecule has 2 aliphatic rings. The summed E-state index contributed by atoms with van der Waals surface area (Å²) in [4.78, 5) is 11.6. The van der Waals surface area contributed by atoms with Gasteiger partial charge in [0.2, 0.25) is 0 Å². The van der Waals surface area contributed by atoms with E-state index in [1.807, 2.05) is 0 Å². The topological polar surface area (TPSA) is 35.6 Å². The number of hydrogen-bond donors (Lipinski definition) is 0. The van der Waals surface area contributed by atoms with E-state index in [2.05, 4.69) is 356 Å². The van der Waals surface area contributed by atoms with E-state index in [9.17, 15) is 0 Å². The van der Waals surface area contributed by atoms with Crippen LogP contribution in [0.5, 0.6) is 0 Å². The van der Waals surface area contributed by atoms with Crippen molar-refractivity contribution in [2.75, 3.05) is 0 Å². The van der Waals surface area contributed by atoms with Gasteiger partial charge < -0.3 is 9.13 Å². The minimum atomic E-state index is -0.230. The maximum absolute atomic E-state index is 6.01.